The summed E-state index contributed by atoms with van der Waals surface area (Å²) in [5.41, 5.74) is 0.905. The van der Waals surface area contributed by atoms with Gasteiger partial charge in [0, 0.05) is 11.1 Å². The summed E-state index contributed by atoms with van der Waals surface area (Å²) in [5, 5.41) is 3.26. The lowest BCUT2D eigenvalue weighted by Gasteiger charge is -2.13. The first-order chi connectivity index (χ1) is 12.4. The zero-order valence-corrected chi connectivity index (χ0v) is 14.3. The van der Waals surface area contributed by atoms with E-state index < -0.39 is 23.6 Å². The molecule has 0 radical (unpaired) electrons. The molecule has 0 fully saturated rings. The Balaban J connectivity index is 1.73. The van der Waals surface area contributed by atoms with Crippen LogP contribution in [0.3, 0.4) is 0 Å². The molecule has 0 bridgehead atoms. The highest BCUT2D eigenvalue weighted by molar-refractivity contribution is 5.98. The van der Waals surface area contributed by atoms with Crippen LogP contribution < -0.4 is 10.9 Å². The summed E-state index contributed by atoms with van der Waals surface area (Å²) < 4.78 is 10.2. The first-order valence-electron chi connectivity index (χ1n) is 8.05. The van der Waals surface area contributed by atoms with Gasteiger partial charge in [0.05, 0.1) is 0 Å². The number of benzene rings is 2. The van der Waals surface area contributed by atoms with E-state index in [4.69, 9.17) is 9.15 Å². The molecule has 0 aliphatic carbocycles. The molecule has 1 atom stereocenters. The average molecular weight is 351 g/mol. The third-order valence-corrected chi connectivity index (χ3v) is 3.80. The van der Waals surface area contributed by atoms with Crippen molar-refractivity contribution in [1.82, 2.24) is 0 Å². The summed E-state index contributed by atoms with van der Waals surface area (Å²) in [7, 11) is 0. The summed E-state index contributed by atoms with van der Waals surface area (Å²) in [5.74, 6) is -1.40. The quantitative estimate of drug-likeness (QED) is 0.576. The van der Waals surface area contributed by atoms with Crippen LogP contribution in [0.15, 0.2) is 63.8 Å². The van der Waals surface area contributed by atoms with E-state index in [9.17, 15) is 14.4 Å². The standard InChI is InChI=1S/C20H17NO5/c1-12-6-5-8-15(10-12)21-18(22)13(2)25-19(23)16-11-14-7-3-4-9-17(14)26-20(16)24/h3-11,13H,1-2H3,(H,21,22)/t13-/m1/s1. The largest absolute Gasteiger partial charge is 0.449 e. The van der Waals surface area contributed by atoms with E-state index in [1.807, 2.05) is 19.1 Å². The first kappa shape index (κ1) is 17.4. The molecule has 0 saturated heterocycles. The Hall–Kier alpha value is -3.41. The van der Waals surface area contributed by atoms with Gasteiger partial charge in [0.15, 0.2) is 6.10 Å². The number of ether oxygens (including phenoxy) is 1. The van der Waals surface area contributed by atoms with Gasteiger partial charge in [0.25, 0.3) is 5.91 Å². The lowest BCUT2D eigenvalue weighted by Crippen LogP contribution is -2.31. The minimum Gasteiger partial charge on any atom is -0.449 e. The first-order valence-corrected chi connectivity index (χ1v) is 8.05. The van der Waals surface area contributed by atoms with Gasteiger partial charge in [0.2, 0.25) is 0 Å². The van der Waals surface area contributed by atoms with Crippen molar-refractivity contribution in [2.24, 2.45) is 0 Å². The van der Waals surface area contributed by atoms with E-state index >= 15 is 0 Å². The number of rotatable bonds is 4. The number of fused-ring (bicyclic) bond motifs is 1. The molecular weight excluding hydrogens is 334 g/mol. The smallest absolute Gasteiger partial charge is 0.351 e. The van der Waals surface area contributed by atoms with Crippen LogP contribution >= 0.6 is 0 Å². The molecule has 0 aliphatic rings. The Kier molecular flexibility index (Phi) is 4.84. The number of hydrogen-bond donors (Lipinski definition) is 1. The number of esters is 1. The lowest BCUT2D eigenvalue weighted by molar-refractivity contribution is -0.123. The summed E-state index contributed by atoms with van der Waals surface area (Å²) in [6.45, 7) is 3.34. The molecule has 0 unspecified atom stereocenters. The molecule has 132 valence electrons. The Morgan fingerprint density at radius 2 is 1.85 bits per heavy atom. The molecular formula is C20H17NO5. The van der Waals surface area contributed by atoms with E-state index in [-0.39, 0.29) is 5.56 Å². The predicted octanol–water partition coefficient (Wildman–Crippen LogP) is 3.29. The van der Waals surface area contributed by atoms with Crippen LogP contribution in [0.4, 0.5) is 5.69 Å². The van der Waals surface area contributed by atoms with E-state index in [1.165, 1.54) is 13.0 Å². The lowest BCUT2D eigenvalue weighted by atomic mass is 10.2. The SMILES string of the molecule is Cc1cccc(NC(=O)[C@@H](C)OC(=O)c2cc3ccccc3oc2=O)c1. The van der Waals surface area contributed by atoms with E-state index in [1.54, 1.807) is 36.4 Å². The fraction of sp³-hybridized carbons (Fsp3) is 0.150. The maximum atomic E-state index is 12.3. The van der Waals surface area contributed by atoms with Crippen LogP contribution in [-0.4, -0.2) is 18.0 Å². The number of para-hydroxylation sites is 1. The molecule has 0 spiro atoms. The van der Waals surface area contributed by atoms with Crippen LogP contribution in [0.2, 0.25) is 0 Å². The van der Waals surface area contributed by atoms with E-state index in [0.29, 0.717) is 16.7 Å². The minimum absolute atomic E-state index is 0.251. The molecule has 6 nitrogen and oxygen atoms in total. The molecule has 3 aromatic rings. The maximum absolute atomic E-state index is 12.3. The molecule has 1 heterocycles. The van der Waals surface area contributed by atoms with Gasteiger partial charge in [-0.15, -0.1) is 0 Å². The van der Waals surface area contributed by atoms with Gasteiger partial charge in [-0.2, -0.15) is 0 Å². The van der Waals surface area contributed by atoms with Crippen molar-refractivity contribution in [1.29, 1.82) is 0 Å². The Morgan fingerprint density at radius 1 is 1.08 bits per heavy atom. The highest BCUT2D eigenvalue weighted by atomic mass is 16.5. The monoisotopic (exact) mass is 351 g/mol. The number of nitrogens with one attached hydrogen (secondary N) is 1. The van der Waals surface area contributed by atoms with Crippen molar-refractivity contribution in [2.75, 3.05) is 5.32 Å². The molecule has 6 heteroatoms. The van der Waals surface area contributed by atoms with Crippen molar-refractivity contribution in [2.45, 2.75) is 20.0 Å². The van der Waals surface area contributed by atoms with Crippen molar-refractivity contribution in [3.63, 3.8) is 0 Å². The van der Waals surface area contributed by atoms with Crippen molar-refractivity contribution in [3.8, 4) is 0 Å². The minimum atomic E-state index is -1.08. The van der Waals surface area contributed by atoms with Gasteiger partial charge in [-0.3, -0.25) is 4.79 Å². The molecule has 26 heavy (non-hydrogen) atoms. The predicted molar refractivity (Wildman–Crippen MR) is 97.2 cm³/mol. The second-order valence-electron chi connectivity index (χ2n) is 5.89. The molecule has 2 aromatic carbocycles. The number of aryl methyl sites for hydroxylation is 1. The fourth-order valence-electron chi connectivity index (χ4n) is 2.45. The second kappa shape index (κ2) is 7.23. The molecule has 1 aromatic heterocycles. The molecule has 0 saturated carbocycles. The Bertz CT molecular complexity index is 1040. The van der Waals surface area contributed by atoms with E-state index in [0.717, 1.165) is 5.56 Å². The third-order valence-electron chi connectivity index (χ3n) is 3.80. The third kappa shape index (κ3) is 3.80. The highest BCUT2D eigenvalue weighted by Gasteiger charge is 2.22. The summed E-state index contributed by atoms with van der Waals surface area (Å²) in [6.07, 6.45) is -1.08. The summed E-state index contributed by atoms with van der Waals surface area (Å²) in [4.78, 5) is 36.5. The van der Waals surface area contributed by atoms with Crippen LogP contribution in [0.5, 0.6) is 0 Å². The van der Waals surface area contributed by atoms with Crippen LogP contribution in [0.25, 0.3) is 11.0 Å². The Labute approximate surface area is 149 Å². The van der Waals surface area contributed by atoms with Gasteiger partial charge in [-0.25, -0.2) is 9.59 Å². The highest BCUT2D eigenvalue weighted by Crippen LogP contribution is 2.14. The van der Waals surface area contributed by atoms with Crippen molar-refractivity contribution >= 4 is 28.5 Å². The van der Waals surface area contributed by atoms with Gasteiger partial charge in [0.1, 0.15) is 11.1 Å². The van der Waals surface area contributed by atoms with Gasteiger partial charge >= 0.3 is 11.6 Å². The maximum Gasteiger partial charge on any atom is 0.351 e. The Morgan fingerprint density at radius 3 is 2.62 bits per heavy atom. The number of anilines is 1. The van der Waals surface area contributed by atoms with Crippen LogP contribution in [0.1, 0.15) is 22.8 Å². The number of hydrogen-bond acceptors (Lipinski definition) is 5. The fourth-order valence-corrected chi connectivity index (χ4v) is 2.45. The van der Waals surface area contributed by atoms with Gasteiger partial charge in [-0.05, 0) is 43.7 Å². The van der Waals surface area contributed by atoms with Crippen LogP contribution in [-0.2, 0) is 9.53 Å². The average Bonchev–Trinajstić information content (AvgIpc) is 2.61. The van der Waals surface area contributed by atoms with Gasteiger partial charge in [-0.1, -0.05) is 30.3 Å². The molecule has 3 rings (SSSR count). The van der Waals surface area contributed by atoms with Crippen molar-refractivity contribution < 1.29 is 18.7 Å². The topological polar surface area (TPSA) is 85.6 Å². The van der Waals surface area contributed by atoms with Crippen LogP contribution in [0, 0.1) is 6.92 Å². The number of carbonyl (C=O) groups is 2. The normalized spacial score (nSPS) is 11.8. The van der Waals surface area contributed by atoms with Crippen molar-refractivity contribution in [3.05, 3.63) is 76.1 Å². The second-order valence-corrected chi connectivity index (χ2v) is 5.89. The number of carbonyl (C=O) groups excluding carboxylic acids is 2. The zero-order chi connectivity index (χ0) is 18.7. The zero-order valence-electron chi connectivity index (χ0n) is 14.3. The van der Waals surface area contributed by atoms with Gasteiger partial charge < -0.3 is 14.5 Å². The number of amides is 1. The van der Waals surface area contributed by atoms with E-state index in [2.05, 4.69) is 5.32 Å². The molecule has 1 amide bonds. The molecule has 1 N–H and O–H groups in total. The summed E-state index contributed by atoms with van der Waals surface area (Å²) >= 11 is 0. The summed E-state index contributed by atoms with van der Waals surface area (Å²) in [6, 6.07) is 15.5. The molecule has 0 aliphatic heterocycles.